The Bertz CT molecular complexity index is 222. The fourth-order valence-corrected chi connectivity index (χ4v) is 2.99. The van der Waals surface area contributed by atoms with Crippen LogP contribution in [0.15, 0.2) is 0 Å². The predicted molar refractivity (Wildman–Crippen MR) is 46.6 cm³/mol. The van der Waals surface area contributed by atoms with Gasteiger partial charge in [0.05, 0.1) is 0 Å². The molecular formula is C7H15NOS. The first-order chi connectivity index (χ1) is 4.34. The molecule has 2 nitrogen and oxygen atoms in total. The van der Waals surface area contributed by atoms with Crippen molar-refractivity contribution in [1.29, 1.82) is 0 Å². The molecule has 3 heteroatoms. The van der Waals surface area contributed by atoms with Gasteiger partial charge in [0.2, 0.25) is 0 Å². The Hall–Kier alpha value is -0.0200. The normalized spacial score (nSPS) is 35.5. The summed E-state index contributed by atoms with van der Waals surface area (Å²) in [5.41, 5.74) is 0.0249. The lowest BCUT2D eigenvalue weighted by atomic mass is 10.1. The molecule has 1 saturated heterocycles. The van der Waals surface area contributed by atoms with E-state index in [4.69, 9.17) is 0 Å². The highest BCUT2D eigenvalue weighted by atomic mass is 32.2. The average molecular weight is 161 g/mol. The lowest BCUT2D eigenvalue weighted by molar-refractivity contribution is 0.248. The van der Waals surface area contributed by atoms with E-state index in [2.05, 4.69) is 26.6 Å². The molecular weight excluding hydrogens is 146 g/mol. The first kappa shape index (κ1) is 8.08. The van der Waals surface area contributed by atoms with Crippen LogP contribution in [0, 0.1) is 0 Å². The Kier molecular flexibility index (Phi) is 1.60. The summed E-state index contributed by atoms with van der Waals surface area (Å²) in [5.74, 6) is 4.45. The zero-order chi connectivity index (χ0) is 7.99. The van der Waals surface area contributed by atoms with Crippen LogP contribution in [0.4, 0.5) is 0 Å². The Morgan fingerprint density at radius 3 is 2.00 bits per heavy atom. The Morgan fingerprint density at radius 2 is 2.00 bits per heavy atom. The van der Waals surface area contributed by atoms with Crippen LogP contribution in [0.2, 0.25) is 0 Å². The Labute approximate surface area is 63.4 Å². The smallest absolute Gasteiger partial charge is 0.0429 e. The Morgan fingerprint density at radius 1 is 1.50 bits per heavy atom. The molecule has 0 radical (unpaired) electrons. The quantitative estimate of drug-likeness (QED) is 0.480. The largest absolute Gasteiger partial charge is 0.253 e. The molecule has 0 N–H and O–H groups in total. The molecule has 1 aliphatic rings. The van der Waals surface area contributed by atoms with Gasteiger partial charge in [-0.05, 0) is 26.6 Å². The van der Waals surface area contributed by atoms with Crippen LogP contribution in [-0.4, -0.2) is 32.2 Å². The summed E-state index contributed by atoms with van der Waals surface area (Å²) in [6, 6.07) is 0. The van der Waals surface area contributed by atoms with Crippen molar-refractivity contribution >= 4 is 15.6 Å². The van der Waals surface area contributed by atoms with E-state index >= 15 is 0 Å². The topological polar surface area (TPSA) is 20.3 Å². The zero-order valence-electron chi connectivity index (χ0n) is 6.89. The van der Waals surface area contributed by atoms with Gasteiger partial charge in [0.15, 0.2) is 0 Å². The van der Waals surface area contributed by atoms with Gasteiger partial charge in [0.1, 0.15) is 0 Å². The van der Waals surface area contributed by atoms with Crippen molar-refractivity contribution < 1.29 is 4.21 Å². The molecule has 10 heavy (non-hydrogen) atoms. The van der Waals surface area contributed by atoms with E-state index in [1.807, 2.05) is 4.31 Å². The van der Waals surface area contributed by atoms with Crippen LogP contribution in [0.25, 0.3) is 0 Å². The SMILES string of the molecule is C=S1(=O)CCN1C(C)(C)C. The third-order valence-electron chi connectivity index (χ3n) is 1.76. The molecule has 1 rings (SSSR count). The van der Waals surface area contributed by atoms with E-state index in [0.717, 1.165) is 12.3 Å². The van der Waals surface area contributed by atoms with Crippen molar-refractivity contribution in [2.75, 3.05) is 12.3 Å². The highest BCUT2D eigenvalue weighted by Crippen LogP contribution is 2.24. The van der Waals surface area contributed by atoms with Crippen molar-refractivity contribution in [3.05, 3.63) is 0 Å². The minimum Gasteiger partial charge on any atom is -0.253 e. The van der Waals surface area contributed by atoms with Crippen LogP contribution in [0.1, 0.15) is 20.8 Å². The van der Waals surface area contributed by atoms with Gasteiger partial charge >= 0.3 is 0 Å². The molecule has 0 amide bonds. The van der Waals surface area contributed by atoms with Crippen molar-refractivity contribution in [2.24, 2.45) is 0 Å². The molecule has 0 bridgehead atoms. The summed E-state index contributed by atoms with van der Waals surface area (Å²) in [4.78, 5) is 0. The van der Waals surface area contributed by atoms with Crippen LogP contribution < -0.4 is 0 Å². The van der Waals surface area contributed by atoms with E-state index < -0.39 is 9.71 Å². The lowest BCUT2D eigenvalue weighted by Crippen LogP contribution is -2.56. The molecule has 1 heterocycles. The van der Waals surface area contributed by atoms with E-state index in [-0.39, 0.29) is 5.54 Å². The second-order valence-corrected chi connectivity index (χ2v) is 6.14. The third kappa shape index (κ3) is 1.20. The molecule has 0 aromatic heterocycles. The van der Waals surface area contributed by atoms with Gasteiger partial charge in [-0.3, -0.25) is 4.21 Å². The van der Waals surface area contributed by atoms with Crippen LogP contribution >= 0.6 is 0 Å². The van der Waals surface area contributed by atoms with Crippen molar-refractivity contribution in [3.63, 3.8) is 0 Å². The van der Waals surface area contributed by atoms with Crippen LogP contribution in [0.5, 0.6) is 0 Å². The second kappa shape index (κ2) is 1.98. The predicted octanol–water partition coefficient (Wildman–Crippen LogP) is 0.732. The maximum atomic E-state index is 11.4. The van der Waals surface area contributed by atoms with Crippen LogP contribution in [-0.2, 0) is 9.71 Å². The first-order valence-electron chi connectivity index (χ1n) is 3.47. The number of hydrogen-bond donors (Lipinski definition) is 0. The molecule has 1 atom stereocenters. The highest BCUT2D eigenvalue weighted by molar-refractivity contribution is 7.99. The van der Waals surface area contributed by atoms with E-state index in [9.17, 15) is 4.21 Å². The molecule has 0 spiro atoms. The highest BCUT2D eigenvalue weighted by Gasteiger charge is 2.35. The monoisotopic (exact) mass is 161 g/mol. The Balaban J connectivity index is 2.80. The standard InChI is InChI=1S/C7H15NOS/c1-7(2,3)8-5-6-10(8,4)9/h4-6H2,1-3H3. The van der Waals surface area contributed by atoms with Gasteiger partial charge in [-0.15, -0.1) is 0 Å². The fourth-order valence-electron chi connectivity index (χ4n) is 1.22. The van der Waals surface area contributed by atoms with E-state index in [0.29, 0.717) is 0 Å². The van der Waals surface area contributed by atoms with E-state index in [1.54, 1.807) is 0 Å². The minimum atomic E-state index is -1.85. The van der Waals surface area contributed by atoms with Crippen molar-refractivity contribution in [1.82, 2.24) is 4.31 Å². The molecule has 0 aliphatic carbocycles. The van der Waals surface area contributed by atoms with Crippen molar-refractivity contribution in [3.8, 4) is 0 Å². The number of nitrogens with zero attached hydrogens (tertiary/aromatic N) is 1. The number of hydrogen-bond acceptors (Lipinski definition) is 1. The minimum absolute atomic E-state index is 0.0249. The third-order valence-corrected chi connectivity index (χ3v) is 4.12. The summed E-state index contributed by atoms with van der Waals surface area (Å²) in [6.45, 7) is 7.14. The molecule has 0 aromatic carbocycles. The molecule has 1 fully saturated rings. The van der Waals surface area contributed by atoms with Gasteiger partial charge in [-0.1, -0.05) is 0 Å². The molecule has 60 valence electrons. The van der Waals surface area contributed by atoms with E-state index in [1.165, 1.54) is 0 Å². The van der Waals surface area contributed by atoms with Gasteiger partial charge in [0.25, 0.3) is 0 Å². The molecule has 0 saturated carbocycles. The zero-order valence-corrected chi connectivity index (χ0v) is 7.70. The fraction of sp³-hybridized carbons (Fsp3) is 0.857. The summed E-state index contributed by atoms with van der Waals surface area (Å²) >= 11 is 0. The van der Waals surface area contributed by atoms with Gasteiger partial charge < -0.3 is 0 Å². The summed E-state index contributed by atoms with van der Waals surface area (Å²) in [5, 5.41) is 0. The maximum absolute atomic E-state index is 11.4. The van der Waals surface area contributed by atoms with Crippen molar-refractivity contribution in [2.45, 2.75) is 26.3 Å². The summed E-state index contributed by atoms with van der Waals surface area (Å²) < 4.78 is 13.4. The molecule has 1 unspecified atom stereocenters. The summed E-state index contributed by atoms with van der Waals surface area (Å²) in [6.07, 6.45) is 0. The first-order valence-corrected chi connectivity index (χ1v) is 5.32. The number of rotatable bonds is 0. The molecule has 1 aliphatic heterocycles. The van der Waals surface area contributed by atoms with Gasteiger partial charge in [-0.2, -0.15) is 0 Å². The second-order valence-electron chi connectivity index (χ2n) is 3.75. The maximum Gasteiger partial charge on any atom is 0.0429 e. The van der Waals surface area contributed by atoms with Gasteiger partial charge in [0, 0.05) is 27.5 Å². The van der Waals surface area contributed by atoms with Crippen LogP contribution in [0.3, 0.4) is 0 Å². The van der Waals surface area contributed by atoms with Gasteiger partial charge in [-0.25, -0.2) is 4.31 Å². The summed E-state index contributed by atoms with van der Waals surface area (Å²) in [7, 11) is -1.85. The molecule has 0 aromatic rings. The average Bonchev–Trinajstić information content (AvgIpc) is 1.58. The lowest BCUT2D eigenvalue weighted by Gasteiger charge is -2.44.